The van der Waals surface area contributed by atoms with Gasteiger partial charge in [0.1, 0.15) is 6.61 Å². The van der Waals surface area contributed by atoms with Gasteiger partial charge >= 0.3 is 0 Å². The summed E-state index contributed by atoms with van der Waals surface area (Å²) in [5.41, 5.74) is 2.85. The fraction of sp³-hybridized carbons (Fsp3) is 0.182. The first-order chi connectivity index (χ1) is 13.1. The third kappa shape index (κ3) is 5.72. The van der Waals surface area contributed by atoms with Crippen molar-refractivity contribution in [1.29, 1.82) is 0 Å². The third-order valence-corrected chi connectivity index (χ3v) is 4.70. The van der Waals surface area contributed by atoms with Crippen molar-refractivity contribution in [3.05, 3.63) is 99.5 Å². The van der Waals surface area contributed by atoms with Crippen LogP contribution in [0.3, 0.4) is 0 Å². The van der Waals surface area contributed by atoms with E-state index in [-0.39, 0.29) is 0 Å². The second kappa shape index (κ2) is 9.77. The molecular weight excluding hydrogens is 381 g/mol. The zero-order valence-corrected chi connectivity index (χ0v) is 16.3. The molecule has 0 aliphatic rings. The Morgan fingerprint density at radius 3 is 2.07 bits per heavy atom. The van der Waals surface area contributed by atoms with Gasteiger partial charge in [0, 0.05) is 13.1 Å². The van der Waals surface area contributed by atoms with Crippen molar-refractivity contribution in [2.75, 3.05) is 6.54 Å². The van der Waals surface area contributed by atoms with E-state index in [9.17, 15) is 5.11 Å². The molecule has 0 aromatic heterocycles. The quantitative estimate of drug-likeness (QED) is 0.531. The van der Waals surface area contributed by atoms with Gasteiger partial charge in [0.15, 0.2) is 5.75 Å². The van der Waals surface area contributed by atoms with Crippen LogP contribution in [-0.4, -0.2) is 11.7 Å². The summed E-state index contributed by atoms with van der Waals surface area (Å²) < 4.78 is 5.78. The molecule has 0 bridgehead atoms. The van der Waals surface area contributed by atoms with Crippen molar-refractivity contribution >= 4 is 23.2 Å². The molecule has 0 saturated heterocycles. The van der Waals surface area contributed by atoms with Crippen molar-refractivity contribution in [2.45, 2.75) is 19.3 Å². The lowest BCUT2D eigenvalue weighted by molar-refractivity contribution is 0.174. The molecule has 0 heterocycles. The van der Waals surface area contributed by atoms with Gasteiger partial charge in [-0.05, 0) is 28.8 Å². The summed E-state index contributed by atoms with van der Waals surface area (Å²) in [6.45, 7) is 1.38. The smallest absolute Gasteiger partial charge is 0.156 e. The Hall–Kier alpha value is -2.04. The molecule has 3 aromatic rings. The number of rotatable bonds is 8. The van der Waals surface area contributed by atoms with Gasteiger partial charge in [0.25, 0.3) is 0 Å². The van der Waals surface area contributed by atoms with Crippen LogP contribution < -0.4 is 10.1 Å². The van der Waals surface area contributed by atoms with Gasteiger partial charge in [-0.1, -0.05) is 83.9 Å². The fourth-order valence-corrected chi connectivity index (χ4v) is 3.37. The molecule has 0 fully saturated rings. The Morgan fingerprint density at radius 2 is 1.44 bits per heavy atom. The highest BCUT2D eigenvalue weighted by Crippen LogP contribution is 2.34. The zero-order valence-electron chi connectivity index (χ0n) is 14.7. The van der Waals surface area contributed by atoms with Crippen LogP contribution in [0.2, 0.25) is 10.0 Å². The first-order valence-corrected chi connectivity index (χ1v) is 9.47. The Bertz CT molecular complexity index is 834. The number of hydrogen-bond acceptors (Lipinski definition) is 3. The maximum absolute atomic E-state index is 10.2. The Morgan fingerprint density at radius 1 is 0.852 bits per heavy atom. The molecule has 0 saturated carbocycles. The molecule has 1 atom stereocenters. The number of nitrogens with one attached hydrogen (secondary N) is 1. The minimum absolute atomic E-state index is 0.404. The molecule has 27 heavy (non-hydrogen) atoms. The first kappa shape index (κ1) is 19.7. The lowest BCUT2D eigenvalue weighted by Crippen LogP contribution is -2.21. The highest BCUT2D eigenvalue weighted by Gasteiger charge is 2.11. The zero-order chi connectivity index (χ0) is 19.1. The Balaban J connectivity index is 1.56. The number of aliphatic hydroxyl groups is 1. The van der Waals surface area contributed by atoms with E-state index in [0.717, 1.165) is 16.7 Å². The van der Waals surface area contributed by atoms with Crippen molar-refractivity contribution in [3.8, 4) is 5.75 Å². The van der Waals surface area contributed by atoms with Gasteiger partial charge in [0.05, 0.1) is 16.1 Å². The molecule has 0 radical (unpaired) electrons. The number of benzene rings is 3. The first-order valence-electron chi connectivity index (χ1n) is 8.72. The summed E-state index contributed by atoms with van der Waals surface area (Å²) >= 11 is 12.7. The molecule has 0 amide bonds. The summed E-state index contributed by atoms with van der Waals surface area (Å²) in [4.78, 5) is 0. The average Bonchev–Trinajstić information content (AvgIpc) is 2.69. The van der Waals surface area contributed by atoms with Crippen LogP contribution in [0.15, 0.2) is 72.8 Å². The summed E-state index contributed by atoms with van der Waals surface area (Å²) in [5.74, 6) is 0.482. The van der Waals surface area contributed by atoms with E-state index in [4.69, 9.17) is 27.9 Å². The summed E-state index contributed by atoms with van der Waals surface area (Å²) in [5, 5.41) is 14.4. The number of halogens is 2. The van der Waals surface area contributed by atoms with Crippen LogP contribution in [0.5, 0.6) is 5.75 Å². The van der Waals surface area contributed by atoms with Gasteiger partial charge in [-0.3, -0.25) is 0 Å². The highest BCUT2D eigenvalue weighted by molar-refractivity contribution is 6.37. The van der Waals surface area contributed by atoms with Crippen LogP contribution in [-0.2, 0) is 13.2 Å². The maximum atomic E-state index is 10.2. The molecule has 5 heteroatoms. The summed E-state index contributed by atoms with van der Waals surface area (Å²) in [6, 6.07) is 23.0. The summed E-state index contributed by atoms with van der Waals surface area (Å²) in [7, 11) is 0. The number of ether oxygens (including phenoxy) is 1. The number of hydrogen-bond donors (Lipinski definition) is 2. The lowest BCUT2D eigenvalue weighted by atomic mass is 10.1. The minimum atomic E-state index is -0.564. The van der Waals surface area contributed by atoms with Crippen molar-refractivity contribution in [2.24, 2.45) is 0 Å². The highest BCUT2D eigenvalue weighted by atomic mass is 35.5. The predicted molar refractivity (Wildman–Crippen MR) is 110 cm³/mol. The Labute approximate surface area is 169 Å². The molecule has 2 N–H and O–H groups in total. The van der Waals surface area contributed by atoms with Gasteiger partial charge in [-0.2, -0.15) is 0 Å². The Kier molecular flexibility index (Phi) is 7.13. The van der Waals surface area contributed by atoms with Gasteiger partial charge in [-0.25, -0.2) is 0 Å². The molecule has 1 unspecified atom stereocenters. The maximum Gasteiger partial charge on any atom is 0.156 e. The van der Waals surface area contributed by atoms with E-state index in [1.807, 2.05) is 72.8 Å². The molecule has 0 aliphatic heterocycles. The van der Waals surface area contributed by atoms with E-state index < -0.39 is 6.10 Å². The normalized spacial score (nSPS) is 12.0. The van der Waals surface area contributed by atoms with Gasteiger partial charge in [-0.15, -0.1) is 0 Å². The van der Waals surface area contributed by atoms with Crippen LogP contribution in [0.25, 0.3) is 0 Å². The van der Waals surface area contributed by atoms with E-state index in [1.54, 1.807) is 0 Å². The average molecular weight is 402 g/mol. The van der Waals surface area contributed by atoms with Gasteiger partial charge < -0.3 is 15.2 Å². The van der Waals surface area contributed by atoms with Crippen LogP contribution in [0, 0.1) is 0 Å². The van der Waals surface area contributed by atoms with Crippen LogP contribution >= 0.6 is 23.2 Å². The second-order valence-electron chi connectivity index (χ2n) is 6.22. The molecule has 3 nitrogen and oxygen atoms in total. The van der Waals surface area contributed by atoms with Crippen molar-refractivity contribution in [1.82, 2.24) is 5.32 Å². The predicted octanol–water partition coefficient (Wildman–Crippen LogP) is 5.40. The monoisotopic (exact) mass is 401 g/mol. The summed E-state index contributed by atoms with van der Waals surface area (Å²) in [6.07, 6.45) is -0.564. The molecule has 3 aromatic carbocycles. The van der Waals surface area contributed by atoms with E-state index in [1.165, 1.54) is 0 Å². The van der Waals surface area contributed by atoms with Gasteiger partial charge in [0.2, 0.25) is 0 Å². The van der Waals surface area contributed by atoms with Crippen molar-refractivity contribution in [3.63, 3.8) is 0 Å². The lowest BCUT2D eigenvalue weighted by Gasteiger charge is -2.14. The van der Waals surface area contributed by atoms with E-state index in [0.29, 0.717) is 35.5 Å². The van der Waals surface area contributed by atoms with Crippen LogP contribution in [0.1, 0.15) is 22.8 Å². The second-order valence-corrected chi connectivity index (χ2v) is 7.03. The molecule has 140 valence electrons. The SMILES string of the molecule is OC(CNCc1cc(Cl)c(OCc2ccccc2)c(Cl)c1)c1ccccc1. The standard InChI is InChI=1S/C22H21Cl2NO2/c23-19-11-17(13-25-14-21(26)18-9-5-2-6-10-18)12-20(24)22(19)27-15-16-7-3-1-4-8-16/h1-12,21,25-26H,13-15H2. The molecule has 0 spiro atoms. The van der Waals surface area contributed by atoms with Crippen LogP contribution in [0.4, 0.5) is 0 Å². The van der Waals surface area contributed by atoms with E-state index >= 15 is 0 Å². The topological polar surface area (TPSA) is 41.5 Å². The van der Waals surface area contributed by atoms with Crippen molar-refractivity contribution < 1.29 is 9.84 Å². The number of aliphatic hydroxyl groups excluding tert-OH is 1. The largest absolute Gasteiger partial charge is 0.486 e. The molecule has 3 rings (SSSR count). The fourth-order valence-electron chi connectivity index (χ4n) is 2.73. The molecule has 0 aliphatic carbocycles. The van der Waals surface area contributed by atoms with E-state index in [2.05, 4.69) is 5.32 Å². The third-order valence-electron chi connectivity index (χ3n) is 4.14. The minimum Gasteiger partial charge on any atom is -0.486 e. The molecular formula is C22H21Cl2NO2.